The fourth-order valence-electron chi connectivity index (χ4n) is 5.70. The lowest BCUT2D eigenvalue weighted by Crippen LogP contribution is -2.56. The van der Waals surface area contributed by atoms with Crippen LogP contribution in [0.2, 0.25) is 0 Å². The van der Waals surface area contributed by atoms with E-state index in [0.29, 0.717) is 11.5 Å². The van der Waals surface area contributed by atoms with Gasteiger partial charge in [0.25, 0.3) is 0 Å². The first-order chi connectivity index (χ1) is 22.9. The van der Waals surface area contributed by atoms with Crippen LogP contribution >= 0.6 is 0 Å². The average Bonchev–Trinajstić information content (AvgIpc) is 3.06. The second kappa shape index (κ2) is 14.8. The zero-order valence-electron chi connectivity index (χ0n) is 28.2. The summed E-state index contributed by atoms with van der Waals surface area (Å²) in [6.07, 6.45) is -0.326. The first kappa shape index (κ1) is 34.2. The van der Waals surface area contributed by atoms with Crippen molar-refractivity contribution in [3.8, 4) is 22.6 Å². The third-order valence-electron chi connectivity index (χ3n) is 8.46. The van der Waals surface area contributed by atoms with Crippen molar-refractivity contribution in [3.63, 3.8) is 0 Å². The number of amides is 2. The van der Waals surface area contributed by atoms with Crippen LogP contribution in [0.15, 0.2) is 97.1 Å². The molecule has 5 rings (SSSR count). The minimum Gasteiger partial charge on any atom is -0.480 e. The molecule has 0 saturated heterocycles. The molecule has 0 bridgehead atoms. The standard InChI is InChI=1S/C40H44N2O6/c1-26(2)25-47-39(46)42-24-31-22-34(48-33-19-16-32(17-20-33)40(3,4)5)18-15-30(31)23-36(42)37(43)41-35(38(44)45)21-27-11-13-29(14-12-27)28-9-7-6-8-10-28/h6-20,22,26,35-36H,21,23-25H2,1-5H3,(H,41,43)(H,44,45)/t35-,36-/m0/s1. The minimum absolute atomic E-state index is 0.0272. The summed E-state index contributed by atoms with van der Waals surface area (Å²) in [6.45, 7) is 10.7. The molecule has 4 aromatic rings. The zero-order chi connectivity index (χ0) is 34.4. The highest BCUT2D eigenvalue weighted by Gasteiger charge is 2.37. The van der Waals surface area contributed by atoms with Gasteiger partial charge in [-0.05, 0) is 69.0 Å². The number of rotatable bonds is 10. The summed E-state index contributed by atoms with van der Waals surface area (Å²) in [7, 11) is 0. The van der Waals surface area contributed by atoms with E-state index in [1.165, 1.54) is 10.5 Å². The first-order valence-corrected chi connectivity index (χ1v) is 16.4. The van der Waals surface area contributed by atoms with Gasteiger partial charge >= 0.3 is 12.1 Å². The second-order valence-corrected chi connectivity index (χ2v) is 13.8. The van der Waals surface area contributed by atoms with Crippen LogP contribution in [-0.4, -0.2) is 46.7 Å². The third kappa shape index (κ3) is 8.62. The van der Waals surface area contributed by atoms with Crippen LogP contribution in [0.3, 0.4) is 0 Å². The molecule has 0 radical (unpaired) electrons. The number of nitrogens with one attached hydrogen (secondary N) is 1. The van der Waals surface area contributed by atoms with E-state index >= 15 is 0 Å². The molecule has 1 aliphatic rings. The zero-order valence-corrected chi connectivity index (χ0v) is 28.2. The predicted octanol–water partition coefficient (Wildman–Crippen LogP) is 7.77. The Morgan fingerprint density at radius 3 is 2.12 bits per heavy atom. The normalized spacial score (nSPS) is 15.0. The second-order valence-electron chi connectivity index (χ2n) is 13.8. The van der Waals surface area contributed by atoms with Gasteiger partial charge in [0.05, 0.1) is 13.2 Å². The quantitative estimate of drug-likeness (QED) is 0.182. The highest BCUT2D eigenvalue weighted by Crippen LogP contribution is 2.32. The van der Waals surface area contributed by atoms with Crippen LogP contribution in [0, 0.1) is 5.92 Å². The van der Waals surface area contributed by atoms with Gasteiger partial charge in [0, 0.05) is 12.8 Å². The van der Waals surface area contributed by atoms with Crippen molar-refractivity contribution in [1.82, 2.24) is 10.2 Å². The summed E-state index contributed by atoms with van der Waals surface area (Å²) in [5.41, 5.74) is 5.77. The van der Waals surface area contributed by atoms with Crippen molar-refractivity contribution in [2.45, 2.75) is 71.5 Å². The molecule has 2 atom stereocenters. The van der Waals surface area contributed by atoms with Crippen molar-refractivity contribution >= 4 is 18.0 Å². The van der Waals surface area contributed by atoms with Crippen LogP contribution in [0.1, 0.15) is 56.9 Å². The van der Waals surface area contributed by atoms with Crippen LogP contribution in [0.4, 0.5) is 4.79 Å². The molecule has 0 spiro atoms. The van der Waals surface area contributed by atoms with Crippen molar-refractivity contribution in [2.24, 2.45) is 5.92 Å². The number of carboxylic acids is 1. The van der Waals surface area contributed by atoms with E-state index < -0.39 is 30.1 Å². The van der Waals surface area contributed by atoms with Gasteiger partial charge < -0.3 is 19.9 Å². The van der Waals surface area contributed by atoms with Gasteiger partial charge in [-0.25, -0.2) is 9.59 Å². The maximum absolute atomic E-state index is 13.8. The van der Waals surface area contributed by atoms with E-state index in [4.69, 9.17) is 9.47 Å². The van der Waals surface area contributed by atoms with E-state index in [1.807, 2.05) is 111 Å². The number of hydrogen-bond acceptors (Lipinski definition) is 5. The van der Waals surface area contributed by atoms with Gasteiger partial charge in [0.1, 0.15) is 23.6 Å². The lowest BCUT2D eigenvalue weighted by atomic mass is 9.87. The van der Waals surface area contributed by atoms with E-state index in [2.05, 4.69) is 26.1 Å². The lowest BCUT2D eigenvalue weighted by Gasteiger charge is -2.36. The smallest absolute Gasteiger partial charge is 0.410 e. The molecule has 0 fully saturated rings. The Labute approximate surface area is 282 Å². The number of carboxylic acid groups (broad SMARTS) is 1. The van der Waals surface area contributed by atoms with Crippen LogP contribution < -0.4 is 10.1 Å². The molecule has 2 N–H and O–H groups in total. The number of nitrogens with zero attached hydrogens (tertiary/aromatic N) is 1. The van der Waals surface area contributed by atoms with E-state index in [9.17, 15) is 19.5 Å². The number of hydrogen-bond donors (Lipinski definition) is 2. The summed E-state index contributed by atoms with van der Waals surface area (Å²) < 4.78 is 11.7. The fraction of sp³-hybridized carbons (Fsp3) is 0.325. The monoisotopic (exact) mass is 648 g/mol. The largest absolute Gasteiger partial charge is 0.480 e. The van der Waals surface area contributed by atoms with Crippen molar-refractivity contribution in [3.05, 3.63) is 119 Å². The Hall–Kier alpha value is -5.11. The average molecular weight is 649 g/mol. The van der Waals surface area contributed by atoms with Gasteiger partial charge in [-0.2, -0.15) is 0 Å². The highest BCUT2D eigenvalue weighted by atomic mass is 16.6. The molecule has 250 valence electrons. The Balaban J connectivity index is 1.32. The summed E-state index contributed by atoms with van der Waals surface area (Å²) in [5, 5.41) is 12.8. The SMILES string of the molecule is CC(C)COC(=O)N1Cc2cc(Oc3ccc(C(C)(C)C)cc3)ccc2C[C@H]1C(=O)N[C@@H](Cc1ccc(-c2ccccc2)cc1)C(=O)O. The van der Waals surface area contributed by atoms with Gasteiger partial charge in [-0.15, -0.1) is 0 Å². The Bertz CT molecular complexity index is 1730. The molecule has 48 heavy (non-hydrogen) atoms. The highest BCUT2D eigenvalue weighted by molar-refractivity contribution is 5.90. The van der Waals surface area contributed by atoms with Crippen LogP contribution in [-0.2, 0) is 39.1 Å². The molecule has 8 nitrogen and oxygen atoms in total. The molecule has 1 heterocycles. The number of carbonyl (C=O) groups excluding carboxylic acids is 2. The molecule has 4 aromatic carbocycles. The third-order valence-corrected chi connectivity index (χ3v) is 8.46. The molecular formula is C40H44N2O6. The molecule has 0 saturated carbocycles. The molecule has 0 aromatic heterocycles. The van der Waals surface area contributed by atoms with Crippen LogP contribution in [0.5, 0.6) is 11.5 Å². The Morgan fingerprint density at radius 2 is 1.50 bits per heavy atom. The number of carbonyl (C=O) groups is 3. The number of benzene rings is 4. The summed E-state index contributed by atoms with van der Waals surface area (Å²) in [6, 6.07) is 29.0. The number of aliphatic carboxylic acids is 1. The van der Waals surface area contributed by atoms with E-state index in [0.717, 1.165) is 27.8 Å². The van der Waals surface area contributed by atoms with Gasteiger partial charge in [-0.1, -0.05) is 107 Å². The first-order valence-electron chi connectivity index (χ1n) is 16.4. The van der Waals surface area contributed by atoms with Crippen molar-refractivity contribution < 1.29 is 29.0 Å². The van der Waals surface area contributed by atoms with Gasteiger partial charge in [-0.3, -0.25) is 9.69 Å². The molecule has 2 amide bonds. The molecule has 0 aliphatic carbocycles. The van der Waals surface area contributed by atoms with Crippen molar-refractivity contribution in [2.75, 3.05) is 6.61 Å². The summed E-state index contributed by atoms with van der Waals surface area (Å²) in [4.78, 5) is 40.8. The Morgan fingerprint density at radius 1 is 0.854 bits per heavy atom. The van der Waals surface area contributed by atoms with E-state index in [-0.39, 0.29) is 37.3 Å². The van der Waals surface area contributed by atoms with Gasteiger partial charge in [0.2, 0.25) is 5.91 Å². The minimum atomic E-state index is -1.18. The topological polar surface area (TPSA) is 105 Å². The summed E-state index contributed by atoms with van der Waals surface area (Å²) in [5.74, 6) is -0.293. The Kier molecular flexibility index (Phi) is 10.5. The predicted molar refractivity (Wildman–Crippen MR) is 186 cm³/mol. The number of fused-ring (bicyclic) bond motifs is 1. The molecule has 1 aliphatic heterocycles. The molecule has 0 unspecified atom stereocenters. The van der Waals surface area contributed by atoms with Crippen LogP contribution in [0.25, 0.3) is 11.1 Å². The molecular weight excluding hydrogens is 604 g/mol. The lowest BCUT2D eigenvalue weighted by molar-refractivity contribution is -0.142. The fourth-order valence-corrected chi connectivity index (χ4v) is 5.70. The summed E-state index contributed by atoms with van der Waals surface area (Å²) >= 11 is 0. The maximum Gasteiger partial charge on any atom is 0.410 e. The van der Waals surface area contributed by atoms with E-state index in [1.54, 1.807) is 0 Å². The molecule has 8 heteroatoms. The van der Waals surface area contributed by atoms with Gasteiger partial charge in [0.15, 0.2) is 0 Å². The van der Waals surface area contributed by atoms with Crippen molar-refractivity contribution in [1.29, 1.82) is 0 Å². The maximum atomic E-state index is 13.8. The number of ether oxygens (including phenoxy) is 2.